The fourth-order valence-electron chi connectivity index (χ4n) is 2.01. The number of halogens is 2. The van der Waals surface area contributed by atoms with Crippen molar-refractivity contribution in [2.24, 2.45) is 0 Å². The first kappa shape index (κ1) is 16.9. The number of nitrogens with zero attached hydrogens (tertiary/aromatic N) is 2. The third kappa shape index (κ3) is 4.27. The van der Waals surface area contributed by atoms with E-state index >= 15 is 0 Å². The standard InChI is InChI=1S/C17H14ClFN2O2/c1-10(2)23-17(22)16-13(8-20)6-12(9-21-16)5-11-3-4-15(19)14(18)7-11/h3-4,6-7,9-10H,5H2,1-2H3. The van der Waals surface area contributed by atoms with E-state index in [0.29, 0.717) is 12.0 Å². The third-order valence-electron chi connectivity index (χ3n) is 2.99. The van der Waals surface area contributed by atoms with Gasteiger partial charge in [0, 0.05) is 6.20 Å². The van der Waals surface area contributed by atoms with Crippen LogP contribution in [0.15, 0.2) is 30.5 Å². The van der Waals surface area contributed by atoms with Crippen molar-refractivity contribution in [3.63, 3.8) is 0 Å². The minimum absolute atomic E-state index is 0.0120. The second-order valence-electron chi connectivity index (χ2n) is 5.23. The number of nitriles is 1. The SMILES string of the molecule is CC(C)OC(=O)c1ncc(Cc2ccc(F)c(Cl)c2)cc1C#N. The molecule has 0 amide bonds. The number of esters is 1. The maximum Gasteiger partial charge on any atom is 0.358 e. The maximum atomic E-state index is 13.2. The predicted octanol–water partition coefficient (Wildman–Crippen LogP) is 3.90. The molecule has 0 saturated carbocycles. The van der Waals surface area contributed by atoms with E-state index in [4.69, 9.17) is 16.3 Å². The first-order chi connectivity index (χ1) is 10.9. The number of hydrogen-bond donors (Lipinski definition) is 0. The number of carbonyl (C=O) groups excluding carboxylic acids is 1. The van der Waals surface area contributed by atoms with Crippen LogP contribution in [0.3, 0.4) is 0 Å². The fraction of sp³-hybridized carbons (Fsp3) is 0.235. The van der Waals surface area contributed by atoms with Crippen molar-refractivity contribution in [1.82, 2.24) is 4.98 Å². The van der Waals surface area contributed by atoms with Gasteiger partial charge in [-0.25, -0.2) is 14.2 Å². The molecular formula is C17H14ClFN2O2. The summed E-state index contributed by atoms with van der Waals surface area (Å²) in [5.74, 6) is -1.12. The molecule has 2 rings (SSSR count). The second kappa shape index (κ2) is 7.21. The van der Waals surface area contributed by atoms with Crippen LogP contribution in [0.2, 0.25) is 5.02 Å². The van der Waals surface area contributed by atoms with Gasteiger partial charge in [-0.2, -0.15) is 5.26 Å². The highest BCUT2D eigenvalue weighted by Gasteiger charge is 2.17. The van der Waals surface area contributed by atoms with Crippen molar-refractivity contribution in [1.29, 1.82) is 5.26 Å². The highest BCUT2D eigenvalue weighted by atomic mass is 35.5. The fourth-order valence-corrected chi connectivity index (χ4v) is 2.21. The molecule has 118 valence electrons. The maximum absolute atomic E-state index is 13.2. The van der Waals surface area contributed by atoms with Crippen LogP contribution in [0.25, 0.3) is 0 Å². The summed E-state index contributed by atoms with van der Waals surface area (Å²) in [7, 11) is 0. The lowest BCUT2D eigenvalue weighted by atomic mass is 10.0. The van der Waals surface area contributed by atoms with E-state index in [1.54, 1.807) is 26.0 Å². The molecule has 0 fully saturated rings. The van der Waals surface area contributed by atoms with Gasteiger partial charge >= 0.3 is 5.97 Å². The molecule has 0 aliphatic carbocycles. The topological polar surface area (TPSA) is 63.0 Å². The zero-order valence-electron chi connectivity index (χ0n) is 12.6. The van der Waals surface area contributed by atoms with Gasteiger partial charge in [0.05, 0.1) is 16.7 Å². The highest BCUT2D eigenvalue weighted by Crippen LogP contribution is 2.19. The molecule has 0 unspecified atom stereocenters. The molecule has 23 heavy (non-hydrogen) atoms. The minimum Gasteiger partial charge on any atom is -0.458 e. The molecule has 0 spiro atoms. The Balaban J connectivity index is 2.26. The normalized spacial score (nSPS) is 10.4. The number of rotatable bonds is 4. The molecule has 6 heteroatoms. The number of benzene rings is 1. The number of ether oxygens (including phenoxy) is 1. The van der Waals surface area contributed by atoms with Crippen LogP contribution < -0.4 is 0 Å². The Labute approximate surface area is 138 Å². The van der Waals surface area contributed by atoms with Gasteiger partial charge < -0.3 is 4.74 Å². The molecule has 0 N–H and O–H groups in total. The van der Waals surface area contributed by atoms with E-state index < -0.39 is 11.8 Å². The van der Waals surface area contributed by atoms with Crippen molar-refractivity contribution in [2.45, 2.75) is 26.4 Å². The Bertz CT molecular complexity index is 785. The first-order valence-corrected chi connectivity index (χ1v) is 7.32. The summed E-state index contributed by atoms with van der Waals surface area (Å²) in [4.78, 5) is 15.9. The summed E-state index contributed by atoms with van der Waals surface area (Å²) in [6.07, 6.45) is 1.62. The molecule has 1 aromatic carbocycles. The van der Waals surface area contributed by atoms with Gasteiger partial charge in [-0.15, -0.1) is 0 Å². The summed E-state index contributed by atoms with van der Waals surface area (Å²) in [6.45, 7) is 3.44. The molecule has 0 atom stereocenters. The number of hydrogen-bond acceptors (Lipinski definition) is 4. The van der Waals surface area contributed by atoms with Gasteiger partial charge in [0.2, 0.25) is 0 Å². The average Bonchev–Trinajstić information content (AvgIpc) is 2.50. The zero-order valence-corrected chi connectivity index (χ0v) is 13.4. The summed E-state index contributed by atoms with van der Waals surface area (Å²) in [6, 6.07) is 7.92. The van der Waals surface area contributed by atoms with Crippen molar-refractivity contribution in [2.75, 3.05) is 0 Å². The van der Waals surface area contributed by atoms with Gasteiger partial charge in [-0.1, -0.05) is 17.7 Å². The summed E-state index contributed by atoms with van der Waals surface area (Å²) in [5.41, 5.74) is 1.62. The number of carbonyl (C=O) groups is 1. The van der Waals surface area contributed by atoms with E-state index in [0.717, 1.165) is 5.56 Å². The van der Waals surface area contributed by atoms with Gasteiger partial charge in [0.15, 0.2) is 5.69 Å². The summed E-state index contributed by atoms with van der Waals surface area (Å²) in [5, 5.41) is 9.24. The van der Waals surface area contributed by atoms with Gasteiger partial charge in [-0.05, 0) is 49.6 Å². The molecule has 1 heterocycles. The van der Waals surface area contributed by atoms with Crippen LogP contribution in [0.5, 0.6) is 0 Å². The van der Waals surface area contributed by atoms with Crippen molar-refractivity contribution >= 4 is 17.6 Å². The number of pyridine rings is 1. The molecule has 0 aliphatic heterocycles. The lowest BCUT2D eigenvalue weighted by Crippen LogP contribution is -2.15. The van der Waals surface area contributed by atoms with Gasteiger partial charge in [0.25, 0.3) is 0 Å². The van der Waals surface area contributed by atoms with Crippen molar-refractivity contribution < 1.29 is 13.9 Å². The minimum atomic E-state index is -0.632. The van der Waals surface area contributed by atoms with Crippen LogP contribution in [-0.2, 0) is 11.2 Å². The average molecular weight is 333 g/mol. The summed E-state index contributed by atoms with van der Waals surface area (Å²) >= 11 is 5.75. The van der Waals surface area contributed by atoms with Gasteiger partial charge in [0.1, 0.15) is 11.9 Å². The van der Waals surface area contributed by atoms with E-state index in [9.17, 15) is 14.4 Å². The Morgan fingerprint density at radius 3 is 2.74 bits per heavy atom. The molecule has 0 saturated heterocycles. The van der Waals surface area contributed by atoms with Crippen LogP contribution >= 0.6 is 11.6 Å². The van der Waals surface area contributed by atoms with Crippen molar-refractivity contribution in [3.05, 3.63) is 63.7 Å². The smallest absolute Gasteiger partial charge is 0.358 e. The van der Waals surface area contributed by atoms with Crippen LogP contribution in [0.1, 0.15) is 41.0 Å². The molecule has 0 aliphatic rings. The largest absolute Gasteiger partial charge is 0.458 e. The molecular weight excluding hydrogens is 319 g/mol. The highest BCUT2D eigenvalue weighted by molar-refractivity contribution is 6.30. The van der Waals surface area contributed by atoms with Crippen LogP contribution in [0.4, 0.5) is 4.39 Å². The Morgan fingerprint density at radius 2 is 2.13 bits per heavy atom. The number of aromatic nitrogens is 1. The lowest BCUT2D eigenvalue weighted by Gasteiger charge is -2.09. The molecule has 4 nitrogen and oxygen atoms in total. The molecule has 0 bridgehead atoms. The molecule has 1 aromatic heterocycles. The van der Waals surface area contributed by atoms with Crippen LogP contribution in [-0.4, -0.2) is 17.1 Å². The van der Waals surface area contributed by atoms with Gasteiger partial charge in [-0.3, -0.25) is 0 Å². The predicted molar refractivity (Wildman–Crippen MR) is 83.7 cm³/mol. The van der Waals surface area contributed by atoms with E-state index in [-0.39, 0.29) is 22.4 Å². The van der Waals surface area contributed by atoms with E-state index in [2.05, 4.69) is 4.98 Å². The van der Waals surface area contributed by atoms with E-state index in [1.807, 2.05) is 6.07 Å². The Hall–Kier alpha value is -2.45. The first-order valence-electron chi connectivity index (χ1n) is 6.94. The Kier molecular flexibility index (Phi) is 5.30. The molecule has 2 aromatic rings. The lowest BCUT2D eigenvalue weighted by molar-refractivity contribution is 0.0370. The zero-order chi connectivity index (χ0) is 17.0. The summed E-state index contributed by atoms with van der Waals surface area (Å²) < 4.78 is 18.2. The monoisotopic (exact) mass is 332 g/mol. The quantitative estimate of drug-likeness (QED) is 0.796. The second-order valence-corrected chi connectivity index (χ2v) is 5.64. The van der Waals surface area contributed by atoms with Crippen LogP contribution in [0, 0.1) is 17.1 Å². The third-order valence-corrected chi connectivity index (χ3v) is 3.28. The van der Waals surface area contributed by atoms with E-state index in [1.165, 1.54) is 18.3 Å². The Morgan fingerprint density at radius 1 is 1.39 bits per heavy atom. The van der Waals surface area contributed by atoms with Crippen molar-refractivity contribution in [3.8, 4) is 6.07 Å². The molecule has 0 radical (unpaired) electrons.